The second-order valence-electron chi connectivity index (χ2n) is 5.45. The van der Waals surface area contributed by atoms with Crippen LogP contribution in [-0.2, 0) is 24.2 Å². The molecule has 3 heteroatoms. The molecule has 0 bridgehead atoms. The Morgan fingerprint density at radius 1 is 0.810 bits per heavy atom. The molecule has 0 heterocycles. The van der Waals surface area contributed by atoms with Gasteiger partial charge in [-0.1, -0.05) is 77.2 Å². The predicted octanol–water partition coefficient (Wildman–Crippen LogP) is 6.04. The van der Waals surface area contributed by atoms with E-state index in [4.69, 9.17) is 0 Å². The van der Waals surface area contributed by atoms with E-state index >= 15 is 0 Å². The molecule has 0 spiro atoms. The summed E-state index contributed by atoms with van der Waals surface area (Å²) >= 11 is 1.47. The van der Waals surface area contributed by atoms with Crippen molar-refractivity contribution in [3.8, 4) is 0 Å². The van der Waals surface area contributed by atoms with Crippen molar-refractivity contribution in [1.82, 2.24) is 0 Å². The maximum atomic E-state index is 10.1. The Morgan fingerprint density at radius 2 is 1.14 bits per heavy atom. The number of rotatable bonds is 1. The van der Waals surface area contributed by atoms with Crippen molar-refractivity contribution in [2.75, 3.05) is 0 Å². The van der Waals surface area contributed by atoms with Gasteiger partial charge in [0.25, 0.3) is 0 Å². The molecule has 0 N–H and O–H groups in total. The maximum absolute atomic E-state index is 10.1. The number of benzene rings is 1. The van der Waals surface area contributed by atoms with Crippen molar-refractivity contribution in [2.24, 2.45) is 0 Å². The second-order valence-corrected chi connectivity index (χ2v) is 5.45. The summed E-state index contributed by atoms with van der Waals surface area (Å²) in [5, 5.41) is 0. The summed E-state index contributed by atoms with van der Waals surface area (Å²) in [4.78, 5) is 10.1. The first-order valence-corrected chi connectivity index (χ1v) is 10.1. The molecule has 2 aliphatic carbocycles. The zero-order chi connectivity index (χ0) is 15.8. The standard InChI is InChI=1S/C8H7O.2C5H10.ClH.Ti/c1-7-4-2-3-5-8(7)6-9;2*1-2-4-5-3-1;;/h2-5H,1H3;2*1-5H2;1H;/q-1;;;;+4/p-1. The van der Waals surface area contributed by atoms with Gasteiger partial charge in [-0.2, -0.15) is 6.07 Å². The minimum atomic E-state index is 0.650. The van der Waals surface area contributed by atoms with Gasteiger partial charge in [0.2, 0.25) is 0 Å². The Labute approximate surface area is 146 Å². The SMILES string of the molecule is C1CCCC1.C1CCCC1.Cc1ccccc1[C-]=O.[Cl][Ti+3]. The van der Waals surface area contributed by atoms with Gasteiger partial charge in [0.05, 0.1) is 6.29 Å². The van der Waals surface area contributed by atoms with Crippen molar-refractivity contribution in [3.05, 3.63) is 35.4 Å². The first kappa shape index (κ1) is 20.9. The number of carbonyl (C=O) groups excluding carboxylic acids is 1. The van der Waals surface area contributed by atoms with Gasteiger partial charge < -0.3 is 4.79 Å². The number of hydrogen-bond donors (Lipinski definition) is 0. The first-order chi connectivity index (χ1) is 10.3. The Balaban J connectivity index is 0.000000286. The average Bonchev–Trinajstić information content (AvgIpc) is 3.28. The molecule has 1 nitrogen and oxygen atoms in total. The van der Waals surface area contributed by atoms with Crippen molar-refractivity contribution >= 4 is 15.6 Å². The van der Waals surface area contributed by atoms with E-state index in [0.717, 1.165) is 5.56 Å². The average molecular weight is 343 g/mol. The monoisotopic (exact) mass is 342 g/mol. The quantitative estimate of drug-likeness (QED) is 0.449. The fourth-order valence-electron chi connectivity index (χ4n) is 2.46. The van der Waals surface area contributed by atoms with Crippen LogP contribution >= 0.6 is 9.30 Å². The Hall–Kier alpha value is -0.106. The normalized spacial score (nSPS) is 15.6. The van der Waals surface area contributed by atoms with E-state index in [1.807, 2.05) is 31.4 Å². The third kappa shape index (κ3) is 12.2. The van der Waals surface area contributed by atoms with E-state index < -0.39 is 0 Å². The fourth-order valence-corrected chi connectivity index (χ4v) is 2.46. The molecule has 0 saturated heterocycles. The zero-order valence-corrected chi connectivity index (χ0v) is 15.5. The molecule has 2 aliphatic rings. The molecule has 0 atom stereocenters. The van der Waals surface area contributed by atoms with Crippen molar-refractivity contribution < 1.29 is 24.2 Å². The van der Waals surface area contributed by atoms with Crippen LogP contribution < -0.4 is 0 Å². The fraction of sp³-hybridized carbons (Fsp3) is 0.611. The van der Waals surface area contributed by atoms with E-state index in [0.29, 0.717) is 5.56 Å². The van der Waals surface area contributed by atoms with E-state index in [1.54, 1.807) is 6.07 Å². The van der Waals surface area contributed by atoms with Crippen molar-refractivity contribution in [1.29, 1.82) is 0 Å². The molecule has 0 aromatic heterocycles. The first-order valence-electron chi connectivity index (χ1n) is 7.97. The number of aryl methyl sites for hydroxylation is 1. The van der Waals surface area contributed by atoms with Crippen LogP contribution in [0.2, 0.25) is 0 Å². The van der Waals surface area contributed by atoms with Gasteiger partial charge in [0, 0.05) is 0 Å². The molecular formula is C18H27ClOTi+2. The Bertz CT molecular complexity index is 322. The molecule has 21 heavy (non-hydrogen) atoms. The number of halogens is 1. The second kappa shape index (κ2) is 16.3. The molecule has 0 aliphatic heterocycles. The minimum absolute atomic E-state index is 0.650. The summed E-state index contributed by atoms with van der Waals surface area (Å²) in [5.41, 5.74) is 1.63. The topological polar surface area (TPSA) is 17.1 Å². The van der Waals surface area contributed by atoms with Gasteiger partial charge in [-0.05, 0) is 0 Å². The zero-order valence-electron chi connectivity index (χ0n) is 13.2. The summed E-state index contributed by atoms with van der Waals surface area (Å²) in [5.74, 6) is 0. The van der Waals surface area contributed by atoms with Crippen LogP contribution in [-0.4, -0.2) is 6.29 Å². The van der Waals surface area contributed by atoms with Crippen LogP contribution in [0.1, 0.15) is 75.3 Å². The van der Waals surface area contributed by atoms with Gasteiger partial charge in [-0.3, -0.25) is 0 Å². The van der Waals surface area contributed by atoms with Gasteiger partial charge in [-0.15, -0.1) is 23.3 Å². The molecule has 2 saturated carbocycles. The van der Waals surface area contributed by atoms with E-state index in [-0.39, 0.29) is 0 Å². The summed E-state index contributed by atoms with van der Waals surface area (Å²) < 4.78 is 0. The van der Waals surface area contributed by atoms with E-state index in [2.05, 4.69) is 9.30 Å². The van der Waals surface area contributed by atoms with Crippen molar-refractivity contribution in [3.63, 3.8) is 0 Å². The van der Waals surface area contributed by atoms with Gasteiger partial charge in [0.15, 0.2) is 0 Å². The molecular weight excluding hydrogens is 316 g/mol. The molecule has 2 fully saturated rings. The molecule has 0 amide bonds. The number of hydrogen-bond acceptors (Lipinski definition) is 1. The molecule has 3 rings (SSSR count). The molecule has 1 aromatic rings. The van der Waals surface area contributed by atoms with E-state index in [9.17, 15) is 4.79 Å². The van der Waals surface area contributed by atoms with Crippen molar-refractivity contribution in [2.45, 2.75) is 71.1 Å². The molecule has 1 aromatic carbocycles. The van der Waals surface area contributed by atoms with Crippen LogP contribution in [0.15, 0.2) is 24.3 Å². The summed E-state index contributed by atoms with van der Waals surface area (Å²) in [6, 6.07) is 7.37. The van der Waals surface area contributed by atoms with Crippen LogP contribution in [0.5, 0.6) is 0 Å². The third-order valence-electron chi connectivity index (χ3n) is 3.76. The van der Waals surface area contributed by atoms with Gasteiger partial charge in [-0.25, -0.2) is 0 Å². The molecule has 114 valence electrons. The molecule has 0 unspecified atom stereocenters. The predicted molar refractivity (Wildman–Crippen MR) is 88.0 cm³/mol. The Kier molecular flexibility index (Phi) is 16.2. The summed E-state index contributed by atoms with van der Waals surface area (Å²) in [6.45, 7) is 1.89. The molecule has 0 radical (unpaired) electrons. The Morgan fingerprint density at radius 3 is 1.38 bits per heavy atom. The van der Waals surface area contributed by atoms with Crippen LogP contribution in [0.4, 0.5) is 0 Å². The summed E-state index contributed by atoms with van der Waals surface area (Å²) in [6.07, 6.45) is 16.8. The van der Waals surface area contributed by atoms with Crippen LogP contribution in [0.25, 0.3) is 0 Å². The van der Waals surface area contributed by atoms with E-state index in [1.165, 1.54) is 83.6 Å². The van der Waals surface area contributed by atoms with Crippen LogP contribution in [0, 0.1) is 6.92 Å². The third-order valence-corrected chi connectivity index (χ3v) is 3.76. The van der Waals surface area contributed by atoms with Gasteiger partial charge in [0.1, 0.15) is 0 Å². The summed E-state index contributed by atoms with van der Waals surface area (Å²) in [7, 11) is 4.64. The van der Waals surface area contributed by atoms with Crippen LogP contribution in [0.3, 0.4) is 0 Å². The van der Waals surface area contributed by atoms with Gasteiger partial charge >= 0.3 is 28.7 Å².